The molecule has 0 radical (unpaired) electrons. The van der Waals surface area contributed by atoms with E-state index in [0.717, 1.165) is 5.69 Å². The van der Waals surface area contributed by atoms with Crippen LogP contribution in [0.3, 0.4) is 0 Å². The summed E-state index contributed by atoms with van der Waals surface area (Å²) in [5, 5.41) is 12.2. The van der Waals surface area contributed by atoms with Crippen LogP contribution in [0.5, 0.6) is 5.75 Å². The van der Waals surface area contributed by atoms with E-state index in [-0.39, 0.29) is 17.6 Å². The van der Waals surface area contributed by atoms with E-state index >= 15 is 0 Å². The number of carbonyl (C=O) groups is 1. The zero-order valence-electron chi connectivity index (χ0n) is 12.6. The lowest BCUT2D eigenvalue weighted by molar-refractivity contribution is 0.208. The Morgan fingerprint density at radius 1 is 1.04 bits per heavy atom. The smallest absolute Gasteiger partial charge is 0.321 e. The minimum absolute atomic E-state index is 0.115. The molecule has 2 aromatic rings. The summed E-state index contributed by atoms with van der Waals surface area (Å²) in [6.45, 7) is 2.56. The summed E-state index contributed by atoms with van der Waals surface area (Å²) in [5.74, 6) is -0.137. The summed E-state index contributed by atoms with van der Waals surface area (Å²) >= 11 is 0. The largest absolute Gasteiger partial charge is 0.508 e. The fourth-order valence-corrected chi connectivity index (χ4v) is 2.61. The minimum Gasteiger partial charge on any atom is -0.508 e. The molecular weight excluding hydrogens is 297 g/mol. The Hall–Kier alpha value is -2.76. The maximum Gasteiger partial charge on any atom is 0.321 e. The predicted molar refractivity (Wildman–Crippen MR) is 87.3 cm³/mol. The first-order valence-corrected chi connectivity index (χ1v) is 7.47. The number of hydrogen-bond acceptors (Lipinski definition) is 3. The first-order valence-electron chi connectivity index (χ1n) is 7.47. The average Bonchev–Trinajstić information content (AvgIpc) is 2.56. The molecular formula is C17H18FN3O2. The lowest BCUT2D eigenvalue weighted by atomic mass is 10.2. The Kier molecular flexibility index (Phi) is 4.32. The molecule has 23 heavy (non-hydrogen) atoms. The van der Waals surface area contributed by atoms with Gasteiger partial charge in [-0.3, -0.25) is 0 Å². The number of halogens is 1. The van der Waals surface area contributed by atoms with Crippen molar-refractivity contribution in [3.8, 4) is 5.75 Å². The normalized spacial score (nSPS) is 14.7. The fourth-order valence-electron chi connectivity index (χ4n) is 2.61. The molecule has 1 aliphatic heterocycles. The van der Waals surface area contributed by atoms with Crippen LogP contribution < -0.4 is 10.2 Å². The monoisotopic (exact) mass is 315 g/mol. The van der Waals surface area contributed by atoms with Crippen molar-refractivity contribution in [2.75, 3.05) is 36.4 Å². The Labute approximate surface area is 133 Å². The minimum atomic E-state index is -0.252. The third-order valence-corrected chi connectivity index (χ3v) is 3.86. The highest BCUT2D eigenvalue weighted by atomic mass is 19.1. The van der Waals surface area contributed by atoms with Crippen molar-refractivity contribution < 1.29 is 14.3 Å². The molecule has 1 saturated heterocycles. The third kappa shape index (κ3) is 3.71. The summed E-state index contributed by atoms with van der Waals surface area (Å²) in [4.78, 5) is 16.1. The molecule has 0 bridgehead atoms. The molecule has 2 aromatic carbocycles. The average molecular weight is 315 g/mol. The van der Waals surface area contributed by atoms with Crippen LogP contribution >= 0.6 is 0 Å². The molecule has 2 N–H and O–H groups in total. The van der Waals surface area contributed by atoms with Crippen molar-refractivity contribution in [2.24, 2.45) is 0 Å². The Morgan fingerprint density at radius 2 is 1.74 bits per heavy atom. The highest BCUT2D eigenvalue weighted by Gasteiger charge is 2.21. The van der Waals surface area contributed by atoms with Gasteiger partial charge >= 0.3 is 6.03 Å². The topological polar surface area (TPSA) is 55.8 Å². The lowest BCUT2D eigenvalue weighted by Gasteiger charge is -2.36. The van der Waals surface area contributed by atoms with Gasteiger partial charge in [-0.05, 0) is 36.4 Å². The van der Waals surface area contributed by atoms with E-state index < -0.39 is 0 Å². The van der Waals surface area contributed by atoms with Gasteiger partial charge in [0.05, 0.1) is 0 Å². The number of amides is 2. The van der Waals surface area contributed by atoms with Crippen LogP contribution in [0.15, 0.2) is 48.5 Å². The van der Waals surface area contributed by atoms with Crippen molar-refractivity contribution in [1.29, 1.82) is 0 Å². The molecule has 120 valence electrons. The van der Waals surface area contributed by atoms with E-state index in [1.807, 2.05) is 0 Å². The van der Waals surface area contributed by atoms with Gasteiger partial charge < -0.3 is 20.2 Å². The number of anilines is 2. The number of carbonyl (C=O) groups excluding carboxylic acids is 1. The van der Waals surface area contributed by atoms with Crippen molar-refractivity contribution in [1.82, 2.24) is 4.90 Å². The second kappa shape index (κ2) is 6.56. The van der Waals surface area contributed by atoms with Gasteiger partial charge in [-0.1, -0.05) is 6.07 Å². The lowest BCUT2D eigenvalue weighted by Crippen LogP contribution is -2.50. The molecule has 1 fully saturated rings. The molecule has 0 spiro atoms. The number of benzene rings is 2. The number of piperazine rings is 1. The molecule has 0 aliphatic carbocycles. The SMILES string of the molecule is O=C(Nc1cccc(O)c1)N1CCN(c2ccc(F)cc2)CC1. The van der Waals surface area contributed by atoms with Crippen LogP contribution in [0, 0.1) is 5.82 Å². The van der Waals surface area contributed by atoms with E-state index in [0.29, 0.717) is 31.9 Å². The van der Waals surface area contributed by atoms with E-state index in [1.165, 1.54) is 18.2 Å². The van der Waals surface area contributed by atoms with Gasteiger partial charge in [0.2, 0.25) is 0 Å². The number of rotatable bonds is 2. The first kappa shape index (κ1) is 15.1. The molecule has 0 aromatic heterocycles. The van der Waals surface area contributed by atoms with Gasteiger partial charge in [0.25, 0.3) is 0 Å². The Bertz CT molecular complexity index is 682. The molecule has 0 saturated carbocycles. The van der Waals surface area contributed by atoms with Crippen molar-refractivity contribution in [2.45, 2.75) is 0 Å². The molecule has 0 atom stereocenters. The maximum absolute atomic E-state index is 13.0. The second-order valence-electron chi connectivity index (χ2n) is 5.43. The van der Waals surface area contributed by atoms with Gasteiger partial charge in [-0.25, -0.2) is 9.18 Å². The van der Waals surface area contributed by atoms with Gasteiger partial charge in [0.15, 0.2) is 0 Å². The number of nitrogens with one attached hydrogen (secondary N) is 1. The van der Waals surface area contributed by atoms with Crippen molar-refractivity contribution >= 4 is 17.4 Å². The summed E-state index contributed by atoms with van der Waals surface area (Å²) < 4.78 is 13.0. The Balaban J connectivity index is 1.56. The zero-order valence-corrected chi connectivity index (χ0v) is 12.6. The standard InChI is InChI=1S/C17H18FN3O2/c18-13-4-6-15(7-5-13)20-8-10-21(11-9-20)17(23)19-14-2-1-3-16(22)12-14/h1-7,12,22H,8-11H2,(H,19,23). The number of hydrogen-bond donors (Lipinski definition) is 2. The van der Waals surface area contributed by atoms with E-state index in [2.05, 4.69) is 10.2 Å². The summed E-state index contributed by atoms with van der Waals surface area (Å²) in [6.07, 6.45) is 0. The number of phenols is 1. The summed E-state index contributed by atoms with van der Waals surface area (Å²) in [5.41, 5.74) is 1.52. The third-order valence-electron chi connectivity index (χ3n) is 3.86. The van der Waals surface area contributed by atoms with E-state index in [1.54, 1.807) is 35.2 Å². The number of phenolic OH excluding ortho intramolecular Hbond substituents is 1. The maximum atomic E-state index is 13.0. The fraction of sp³-hybridized carbons (Fsp3) is 0.235. The van der Waals surface area contributed by atoms with Crippen LogP contribution in [0.1, 0.15) is 0 Å². The van der Waals surface area contributed by atoms with Crippen LogP contribution in [-0.2, 0) is 0 Å². The molecule has 5 nitrogen and oxygen atoms in total. The molecule has 2 amide bonds. The molecule has 1 aliphatic rings. The van der Waals surface area contributed by atoms with Crippen molar-refractivity contribution in [3.63, 3.8) is 0 Å². The highest BCUT2D eigenvalue weighted by molar-refractivity contribution is 5.89. The van der Waals surface area contributed by atoms with Gasteiger partial charge in [0.1, 0.15) is 11.6 Å². The predicted octanol–water partition coefficient (Wildman–Crippen LogP) is 2.89. The highest BCUT2D eigenvalue weighted by Crippen LogP contribution is 2.19. The molecule has 3 rings (SSSR count). The summed E-state index contributed by atoms with van der Waals surface area (Å²) in [7, 11) is 0. The zero-order chi connectivity index (χ0) is 16.2. The van der Waals surface area contributed by atoms with Crippen molar-refractivity contribution in [3.05, 3.63) is 54.3 Å². The summed E-state index contributed by atoms with van der Waals surface area (Å²) in [6, 6.07) is 12.7. The second-order valence-corrected chi connectivity index (χ2v) is 5.43. The van der Waals surface area contributed by atoms with Crippen LogP contribution in [-0.4, -0.2) is 42.2 Å². The van der Waals surface area contributed by atoms with Gasteiger partial charge in [0, 0.05) is 43.6 Å². The molecule has 0 unspecified atom stereocenters. The Morgan fingerprint density at radius 3 is 2.39 bits per heavy atom. The quantitative estimate of drug-likeness (QED) is 0.896. The number of urea groups is 1. The molecule has 6 heteroatoms. The van der Waals surface area contributed by atoms with Crippen LogP contribution in [0.25, 0.3) is 0 Å². The van der Waals surface area contributed by atoms with Crippen LogP contribution in [0.4, 0.5) is 20.6 Å². The van der Waals surface area contributed by atoms with Gasteiger partial charge in [-0.2, -0.15) is 0 Å². The van der Waals surface area contributed by atoms with Crippen LogP contribution in [0.2, 0.25) is 0 Å². The van der Waals surface area contributed by atoms with Gasteiger partial charge in [-0.15, -0.1) is 0 Å². The number of nitrogens with zero attached hydrogens (tertiary/aromatic N) is 2. The molecule has 1 heterocycles. The van der Waals surface area contributed by atoms with E-state index in [9.17, 15) is 14.3 Å². The first-order chi connectivity index (χ1) is 11.1. The van der Waals surface area contributed by atoms with E-state index in [4.69, 9.17) is 0 Å². The number of aromatic hydroxyl groups is 1.